The van der Waals surface area contributed by atoms with Crippen LogP contribution in [0, 0.1) is 0 Å². The maximum Gasteiger partial charge on any atom is 0.240 e. The lowest BCUT2D eigenvalue weighted by Crippen LogP contribution is -2.47. The predicted octanol–water partition coefficient (Wildman–Crippen LogP) is 1.60. The van der Waals surface area contributed by atoms with Crippen LogP contribution in [0.5, 0.6) is 5.75 Å². The number of likely N-dealkylation sites (N-methyl/N-ethyl adjacent to an activating group) is 1. The maximum absolute atomic E-state index is 12.4. The van der Waals surface area contributed by atoms with E-state index in [1.165, 1.54) is 9.21 Å². The minimum Gasteiger partial charge on any atom is -0.492 e. The average Bonchev–Trinajstić information content (AvgIpc) is 2.96. The van der Waals surface area contributed by atoms with Crippen molar-refractivity contribution >= 4 is 27.5 Å². The van der Waals surface area contributed by atoms with E-state index in [1.807, 2.05) is 0 Å². The number of amides is 1. The van der Waals surface area contributed by atoms with Gasteiger partial charge in [-0.1, -0.05) is 17.7 Å². The number of hydrogen-bond acceptors (Lipinski definition) is 4. The van der Waals surface area contributed by atoms with Gasteiger partial charge in [0.25, 0.3) is 0 Å². The molecule has 1 aromatic rings. The molecule has 23 heavy (non-hydrogen) atoms. The van der Waals surface area contributed by atoms with E-state index in [0.717, 1.165) is 6.26 Å². The molecule has 1 unspecified atom stereocenters. The number of carbonyl (C=O) groups excluding carboxylic acids is 1. The molecule has 0 saturated carbocycles. The molecule has 2 rings (SSSR count). The van der Waals surface area contributed by atoms with Crippen LogP contribution >= 0.6 is 11.6 Å². The van der Waals surface area contributed by atoms with E-state index in [0.29, 0.717) is 43.3 Å². The van der Waals surface area contributed by atoms with Gasteiger partial charge >= 0.3 is 0 Å². The van der Waals surface area contributed by atoms with Crippen molar-refractivity contribution in [3.8, 4) is 5.75 Å². The first kappa shape index (κ1) is 18.0. The molecule has 1 saturated heterocycles. The van der Waals surface area contributed by atoms with E-state index in [4.69, 9.17) is 16.3 Å². The van der Waals surface area contributed by atoms with Crippen LogP contribution in [0.3, 0.4) is 0 Å². The Kier molecular flexibility index (Phi) is 5.89. The molecule has 0 radical (unpaired) electrons. The summed E-state index contributed by atoms with van der Waals surface area (Å²) in [6, 6.07) is 6.43. The van der Waals surface area contributed by atoms with Crippen molar-refractivity contribution in [1.82, 2.24) is 9.21 Å². The monoisotopic (exact) mass is 360 g/mol. The topological polar surface area (TPSA) is 66.9 Å². The van der Waals surface area contributed by atoms with Gasteiger partial charge in [0, 0.05) is 18.6 Å². The highest BCUT2D eigenvalue weighted by molar-refractivity contribution is 7.88. The number of benzene rings is 1. The molecule has 0 bridgehead atoms. The molecule has 0 N–H and O–H groups in total. The van der Waals surface area contributed by atoms with Crippen LogP contribution in [0.25, 0.3) is 0 Å². The lowest BCUT2D eigenvalue weighted by atomic mass is 10.2. The fraction of sp³-hybridized carbons (Fsp3) is 0.533. The normalized spacial score (nSPS) is 18.8. The Hall–Kier alpha value is -1.31. The molecule has 1 amide bonds. The van der Waals surface area contributed by atoms with Crippen molar-refractivity contribution in [3.05, 3.63) is 29.3 Å². The molecule has 128 valence electrons. The van der Waals surface area contributed by atoms with Crippen molar-refractivity contribution in [2.75, 3.05) is 33.0 Å². The fourth-order valence-electron chi connectivity index (χ4n) is 2.61. The van der Waals surface area contributed by atoms with Gasteiger partial charge in [-0.15, -0.1) is 0 Å². The highest BCUT2D eigenvalue weighted by atomic mass is 35.5. The van der Waals surface area contributed by atoms with E-state index in [1.54, 1.807) is 31.3 Å². The Bertz CT molecular complexity index is 665. The second-order valence-electron chi connectivity index (χ2n) is 5.60. The third kappa shape index (κ3) is 4.83. The zero-order valence-electron chi connectivity index (χ0n) is 13.2. The van der Waals surface area contributed by atoms with Gasteiger partial charge in [0.1, 0.15) is 18.4 Å². The molecule has 0 aliphatic carbocycles. The Morgan fingerprint density at radius 3 is 2.87 bits per heavy atom. The van der Waals surface area contributed by atoms with Crippen LogP contribution in [-0.4, -0.2) is 62.6 Å². The molecule has 1 fully saturated rings. The van der Waals surface area contributed by atoms with Crippen LogP contribution in [0.4, 0.5) is 0 Å². The number of halogens is 1. The molecule has 1 aliphatic rings. The summed E-state index contributed by atoms with van der Waals surface area (Å²) in [5, 5.41) is 0.585. The molecule has 1 heterocycles. The summed E-state index contributed by atoms with van der Waals surface area (Å²) < 4.78 is 30.3. The standard InChI is InChI=1S/C15H21ClN2O4S/c1-17(9-10-22-13-6-3-5-12(16)11-13)15(19)14-7-4-8-18(14)23(2,20)21/h3,5-6,11,14H,4,7-10H2,1-2H3. The minimum atomic E-state index is -3.36. The van der Waals surface area contributed by atoms with Gasteiger partial charge in [0.05, 0.1) is 12.8 Å². The number of hydrogen-bond donors (Lipinski definition) is 0. The number of carbonyl (C=O) groups is 1. The Morgan fingerprint density at radius 1 is 1.48 bits per heavy atom. The molecule has 1 atom stereocenters. The second-order valence-corrected chi connectivity index (χ2v) is 7.97. The quantitative estimate of drug-likeness (QED) is 0.772. The van der Waals surface area contributed by atoms with Crippen molar-refractivity contribution in [2.45, 2.75) is 18.9 Å². The third-order valence-corrected chi connectivity index (χ3v) is 5.31. The lowest BCUT2D eigenvalue weighted by molar-refractivity contribution is -0.133. The van der Waals surface area contributed by atoms with Gasteiger partial charge in [-0.2, -0.15) is 4.31 Å². The number of rotatable bonds is 6. The average molecular weight is 361 g/mol. The number of ether oxygens (including phenoxy) is 1. The molecule has 1 aromatic carbocycles. The van der Waals surface area contributed by atoms with E-state index in [-0.39, 0.29) is 5.91 Å². The van der Waals surface area contributed by atoms with Gasteiger partial charge in [-0.3, -0.25) is 4.79 Å². The summed E-state index contributed by atoms with van der Waals surface area (Å²) in [5.74, 6) is 0.444. The largest absolute Gasteiger partial charge is 0.492 e. The third-order valence-electron chi connectivity index (χ3n) is 3.78. The Morgan fingerprint density at radius 2 is 2.22 bits per heavy atom. The van der Waals surface area contributed by atoms with Crippen molar-refractivity contribution < 1.29 is 17.9 Å². The van der Waals surface area contributed by atoms with Crippen molar-refractivity contribution in [2.24, 2.45) is 0 Å². The summed E-state index contributed by atoms with van der Waals surface area (Å²) >= 11 is 5.87. The first-order chi connectivity index (χ1) is 10.8. The Balaban J connectivity index is 1.87. The number of sulfonamides is 1. The molecule has 1 aliphatic heterocycles. The fourth-order valence-corrected chi connectivity index (χ4v) is 3.90. The molecule has 8 heteroatoms. The van der Waals surface area contributed by atoms with Crippen LogP contribution in [-0.2, 0) is 14.8 Å². The maximum atomic E-state index is 12.4. The van der Waals surface area contributed by atoms with Crippen LogP contribution in [0.15, 0.2) is 24.3 Å². The summed E-state index contributed by atoms with van der Waals surface area (Å²) in [6.07, 6.45) is 2.41. The molecule has 6 nitrogen and oxygen atoms in total. The van der Waals surface area contributed by atoms with Gasteiger partial charge in [0.2, 0.25) is 15.9 Å². The summed E-state index contributed by atoms with van der Waals surface area (Å²) in [5.41, 5.74) is 0. The first-order valence-corrected chi connectivity index (χ1v) is 9.62. The van der Waals surface area contributed by atoms with Crippen LogP contribution in [0.2, 0.25) is 5.02 Å². The SMILES string of the molecule is CN(CCOc1cccc(Cl)c1)C(=O)C1CCCN1S(C)(=O)=O. The van der Waals surface area contributed by atoms with Crippen LogP contribution < -0.4 is 4.74 Å². The second kappa shape index (κ2) is 7.51. The van der Waals surface area contributed by atoms with E-state index in [9.17, 15) is 13.2 Å². The van der Waals surface area contributed by atoms with E-state index in [2.05, 4.69) is 0 Å². The molecule has 0 spiro atoms. The highest BCUT2D eigenvalue weighted by Gasteiger charge is 2.37. The predicted molar refractivity (Wildman–Crippen MR) is 89.2 cm³/mol. The van der Waals surface area contributed by atoms with Gasteiger partial charge < -0.3 is 9.64 Å². The lowest BCUT2D eigenvalue weighted by Gasteiger charge is -2.26. The van der Waals surface area contributed by atoms with Crippen molar-refractivity contribution in [1.29, 1.82) is 0 Å². The summed E-state index contributed by atoms with van der Waals surface area (Å²) in [7, 11) is -1.70. The zero-order valence-corrected chi connectivity index (χ0v) is 14.8. The smallest absolute Gasteiger partial charge is 0.240 e. The molecular formula is C15H21ClN2O4S. The van der Waals surface area contributed by atoms with Gasteiger partial charge in [-0.05, 0) is 31.0 Å². The van der Waals surface area contributed by atoms with E-state index < -0.39 is 16.1 Å². The van der Waals surface area contributed by atoms with Crippen molar-refractivity contribution in [3.63, 3.8) is 0 Å². The summed E-state index contributed by atoms with van der Waals surface area (Å²) in [4.78, 5) is 14.0. The first-order valence-electron chi connectivity index (χ1n) is 7.39. The van der Waals surface area contributed by atoms with Gasteiger partial charge in [-0.25, -0.2) is 8.42 Å². The minimum absolute atomic E-state index is 0.192. The Labute approximate surface area is 142 Å². The molecular weight excluding hydrogens is 340 g/mol. The summed E-state index contributed by atoms with van der Waals surface area (Å²) in [6.45, 7) is 1.09. The zero-order chi connectivity index (χ0) is 17.0. The van der Waals surface area contributed by atoms with E-state index >= 15 is 0 Å². The van der Waals surface area contributed by atoms with Crippen LogP contribution in [0.1, 0.15) is 12.8 Å². The number of nitrogens with zero attached hydrogens (tertiary/aromatic N) is 2. The highest BCUT2D eigenvalue weighted by Crippen LogP contribution is 2.22. The van der Waals surface area contributed by atoms with Gasteiger partial charge in [0.15, 0.2) is 0 Å². The molecule has 0 aromatic heterocycles.